The zero-order chi connectivity index (χ0) is 24.1. The lowest BCUT2D eigenvalue weighted by Gasteiger charge is -2.15. The van der Waals surface area contributed by atoms with Gasteiger partial charge in [0.05, 0.1) is 44.3 Å². The Kier molecular flexibility index (Phi) is 6.94. The van der Waals surface area contributed by atoms with Gasteiger partial charge < -0.3 is 14.2 Å². The van der Waals surface area contributed by atoms with Crippen LogP contribution in [0.15, 0.2) is 71.8 Å². The highest BCUT2D eigenvalue weighted by Gasteiger charge is 2.18. The number of hydrogen-bond acceptors (Lipinski definition) is 6. The molecule has 4 rings (SSSR count). The molecule has 0 saturated carbocycles. The summed E-state index contributed by atoms with van der Waals surface area (Å²) in [7, 11) is 4.63. The number of aromatic nitrogens is 1. The Morgan fingerprint density at radius 2 is 1.62 bits per heavy atom. The first-order valence-electron chi connectivity index (χ1n) is 10.3. The van der Waals surface area contributed by atoms with Gasteiger partial charge in [0.15, 0.2) is 11.5 Å². The van der Waals surface area contributed by atoms with Crippen molar-refractivity contribution in [2.24, 2.45) is 5.10 Å². The van der Waals surface area contributed by atoms with Crippen LogP contribution in [0.5, 0.6) is 17.2 Å². The van der Waals surface area contributed by atoms with Gasteiger partial charge in [0.25, 0.3) is 5.91 Å². The highest BCUT2D eigenvalue weighted by atomic mass is 35.5. The Morgan fingerprint density at radius 1 is 0.941 bits per heavy atom. The molecule has 4 aromatic rings. The molecule has 1 aromatic heterocycles. The number of hydrogen-bond donors (Lipinski definition) is 1. The summed E-state index contributed by atoms with van der Waals surface area (Å²) in [4.78, 5) is 17.9. The molecule has 0 aliphatic heterocycles. The molecule has 7 nitrogen and oxygen atoms in total. The van der Waals surface area contributed by atoms with E-state index in [1.54, 1.807) is 45.6 Å². The van der Waals surface area contributed by atoms with Crippen LogP contribution in [0.4, 0.5) is 0 Å². The quantitative estimate of drug-likeness (QED) is 0.288. The average molecular weight is 476 g/mol. The maximum absolute atomic E-state index is 13.1. The summed E-state index contributed by atoms with van der Waals surface area (Å²) in [5, 5.41) is 5.32. The maximum atomic E-state index is 13.1. The molecule has 1 N–H and O–H groups in total. The van der Waals surface area contributed by atoms with Gasteiger partial charge in [-0.3, -0.25) is 4.79 Å². The first kappa shape index (κ1) is 23.1. The number of benzene rings is 3. The number of nitrogens with one attached hydrogen (secondary N) is 1. The molecule has 0 saturated heterocycles. The molecule has 0 bridgehead atoms. The summed E-state index contributed by atoms with van der Waals surface area (Å²) in [5.74, 6) is 1.07. The first-order valence-corrected chi connectivity index (χ1v) is 10.7. The second-order valence-corrected chi connectivity index (χ2v) is 7.61. The van der Waals surface area contributed by atoms with E-state index in [1.807, 2.05) is 42.5 Å². The summed E-state index contributed by atoms with van der Waals surface area (Å²) in [6, 6.07) is 19.9. The van der Waals surface area contributed by atoms with Gasteiger partial charge in [0.1, 0.15) is 0 Å². The lowest BCUT2D eigenvalue weighted by molar-refractivity contribution is 0.0956. The Labute approximate surface area is 201 Å². The third-order valence-electron chi connectivity index (χ3n) is 5.20. The van der Waals surface area contributed by atoms with Crippen molar-refractivity contribution in [3.8, 4) is 28.5 Å². The number of hydrazone groups is 1. The molecule has 0 aliphatic carbocycles. The average Bonchev–Trinajstić information content (AvgIpc) is 2.88. The summed E-state index contributed by atoms with van der Waals surface area (Å²) < 4.78 is 16.3. The first-order chi connectivity index (χ1) is 16.5. The van der Waals surface area contributed by atoms with Crippen LogP contribution >= 0.6 is 11.6 Å². The molecule has 8 heteroatoms. The fourth-order valence-corrected chi connectivity index (χ4v) is 3.73. The number of carbonyl (C=O) groups is 1. The van der Waals surface area contributed by atoms with Crippen molar-refractivity contribution in [2.45, 2.75) is 0 Å². The second-order valence-electron chi connectivity index (χ2n) is 7.21. The maximum Gasteiger partial charge on any atom is 0.272 e. The van der Waals surface area contributed by atoms with Gasteiger partial charge in [0, 0.05) is 21.5 Å². The molecular weight excluding hydrogens is 454 g/mol. The Balaban J connectivity index is 1.76. The van der Waals surface area contributed by atoms with Crippen molar-refractivity contribution >= 4 is 34.6 Å². The van der Waals surface area contributed by atoms with E-state index < -0.39 is 0 Å². The van der Waals surface area contributed by atoms with Gasteiger partial charge >= 0.3 is 0 Å². The predicted octanol–water partition coefficient (Wildman–Crippen LogP) is 5.34. The normalized spacial score (nSPS) is 10.9. The summed E-state index contributed by atoms with van der Waals surface area (Å²) in [6.45, 7) is 0. The minimum atomic E-state index is -0.379. The van der Waals surface area contributed by atoms with Crippen molar-refractivity contribution in [3.63, 3.8) is 0 Å². The van der Waals surface area contributed by atoms with Crippen LogP contribution in [0.3, 0.4) is 0 Å². The molecule has 0 spiro atoms. The number of pyridine rings is 1. The third-order valence-corrected chi connectivity index (χ3v) is 5.54. The molecule has 3 aromatic carbocycles. The molecule has 0 radical (unpaired) electrons. The number of nitrogens with zero attached hydrogens (tertiary/aromatic N) is 2. The van der Waals surface area contributed by atoms with Crippen molar-refractivity contribution < 1.29 is 19.0 Å². The smallest absolute Gasteiger partial charge is 0.272 e. The minimum Gasteiger partial charge on any atom is -0.493 e. The molecule has 0 atom stereocenters. The second kappa shape index (κ2) is 10.2. The van der Waals surface area contributed by atoms with Gasteiger partial charge in [-0.25, -0.2) is 10.4 Å². The summed E-state index contributed by atoms with van der Waals surface area (Å²) in [5.41, 5.74) is 5.63. The van der Waals surface area contributed by atoms with Crippen molar-refractivity contribution in [1.82, 2.24) is 10.4 Å². The molecule has 0 fully saturated rings. The zero-order valence-electron chi connectivity index (χ0n) is 18.8. The topological polar surface area (TPSA) is 82.0 Å². The summed E-state index contributed by atoms with van der Waals surface area (Å²) in [6.07, 6.45) is 1.50. The van der Waals surface area contributed by atoms with E-state index in [-0.39, 0.29) is 5.91 Å². The molecule has 1 heterocycles. The highest BCUT2D eigenvalue weighted by molar-refractivity contribution is 6.33. The Bertz CT molecular complexity index is 1360. The SMILES string of the molecule is COc1cc(-c2cc(C(=O)N/N=C/c3ccccc3Cl)c3ccccc3n2)cc(OC)c1OC. The van der Waals surface area contributed by atoms with E-state index in [0.29, 0.717) is 55.6 Å². The molecule has 0 aliphatic rings. The number of carbonyl (C=O) groups excluding carboxylic acids is 1. The van der Waals surface area contributed by atoms with E-state index in [9.17, 15) is 4.79 Å². The van der Waals surface area contributed by atoms with Crippen LogP contribution in [0.1, 0.15) is 15.9 Å². The fraction of sp³-hybridized carbons (Fsp3) is 0.115. The fourth-order valence-electron chi connectivity index (χ4n) is 3.54. The largest absolute Gasteiger partial charge is 0.493 e. The van der Waals surface area contributed by atoms with Crippen LogP contribution in [0.25, 0.3) is 22.2 Å². The molecular formula is C26H22ClN3O4. The van der Waals surface area contributed by atoms with E-state index in [1.165, 1.54) is 6.21 Å². The van der Waals surface area contributed by atoms with Crippen molar-refractivity contribution in [1.29, 1.82) is 0 Å². The zero-order valence-corrected chi connectivity index (χ0v) is 19.6. The number of fused-ring (bicyclic) bond motifs is 1. The number of halogens is 1. The van der Waals surface area contributed by atoms with Crippen LogP contribution < -0.4 is 19.6 Å². The Hall–Kier alpha value is -4.10. The van der Waals surface area contributed by atoms with Crippen LogP contribution in [0, 0.1) is 0 Å². The molecule has 0 unspecified atom stereocenters. The number of rotatable bonds is 7. The number of ether oxygens (including phenoxy) is 3. The molecule has 34 heavy (non-hydrogen) atoms. The molecule has 1 amide bonds. The van der Waals surface area contributed by atoms with Gasteiger partial charge in [0.2, 0.25) is 5.75 Å². The van der Waals surface area contributed by atoms with Gasteiger partial charge in [-0.2, -0.15) is 5.10 Å². The number of methoxy groups -OCH3 is 3. The number of amides is 1. The van der Waals surface area contributed by atoms with Crippen LogP contribution in [-0.2, 0) is 0 Å². The summed E-state index contributed by atoms with van der Waals surface area (Å²) >= 11 is 6.15. The van der Waals surface area contributed by atoms with Gasteiger partial charge in [-0.1, -0.05) is 48.0 Å². The van der Waals surface area contributed by atoms with E-state index in [2.05, 4.69) is 10.5 Å². The van der Waals surface area contributed by atoms with E-state index in [4.69, 9.17) is 30.8 Å². The monoisotopic (exact) mass is 475 g/mol. The lowest BCUT2D eigenvalue weighted by atomic mass is 10.0. The standard InChI is InChI=1S/C26H22ClN3O4/c1-32-23-12-17(13-24(33-2)25(23)34-3)22-14-19(18-9-5-7-11-21(18)29-22)26(31)30-28-15-16-8-4-6-10-20(16)27/h4-15H,1-3H3,(H,30,31)/b28-15+. The van der Waals surface area contributed by atoms with Crippen molar-refractivity contribution in [3.05, 3.63) is 82.9 Å². The highest BCUT2D eigenvalue weighted by Crippen LogP contribution is 2.41. The van der Waals surface area contributed by atoms with Crippen LogP contribution in [0.2, 0.25) is 5.02 Å². The third kappa shape index (κ3) is 4.65. The molecule has 172 valence electrons. The van der Waals surface area contributed by atoms with Crippen molar-refractivity contribution in [2.75, 3.05) is 21.3 Å². The van der Waals surface area contributed by atoms with Crippen LogP contribution in [-0.4, -0.2) is 38.4 Å². The van der Waals surface area contributed by atoms with E-state index in [0.717, 1.165) is 0 Å². The van der Waals surface area contributed by atoms with Gasteiger partial charge in [-0.15, -0.1) is 0 Å². The van der Waals surface area contributed by atoms with E-state index >= 15 is 0 Å². The van der Waals surface area contributed by atoms with Gasteiger partial charge in [-0.05, 0) is 30.3 Å². The minimum absolute atomic E-state index is 0.379. The Morgan fingerprint density at radius 3 is 2.29 bits per heavy atom. The lowest BCUT2D eigenvalue weighted by Crippen LogP contribution is -2.18. The number of para-hydroxylation sites is 1. The predicted molar refractivity (Wildman–Crippen MR) is 133 cm³/mol.